The molecule has 0 bridgehead atoms. The van der Waals surface area contributed by atoms with Gasteiger partial charge in [0, 0.05) is 0 Å². The van der Waals surface area contributed by atoms with E-state index in [0.29, 0.717) is 0 Å². The average Bonchev–Trinajstić information content (AvgIpc) is 1.68. The van der Waals surface area contributed by atoms with Crippen LogP contribution >= 0.6 is 12.2 Å². The summed E-state index contributed by atoms with van der Waals surface area (Å²) in [5, 5.41) is 3.75. The molecule has 2 nitrogen and oxygen atoms in total. The van der Waals surface area contributed by atoms with Gasteiger partial charge in [-0.15, -0.1) is 0 Å². The van der Waals surface area contributed by atoms with Crippen LogP contribution in [0.5, 0.6) is 0 Å². The van der Waals surface area contributed by atoms with Crippen molar-refractivity contribution in [1.82, 2.24) is 5.32 Å². The van der Waals surface area contributed by atoms with Crippen molar-refractivity contribution in [3.05, 3.63) is 12.8 Å². The Balaban J connectivity index is 3.32. The van der Waals surface area contributed by atoms with Gasteiger partial charge in [0.15, 0.2) is 0 Å². The maximum atomic E-state index is 10.4. The molecular weight excluding hydrogens is 122 g/mol. The summed E-state index contributed by atoms with van der Waals surface area (Å²) >= 11 is 4.42. The van der Waals surface area contributed by atoms with Gasteiger partial charge in [-0.05, 0) is 11.6 Å². The highest BCUT2D eigenvalue weighted by Crippen LogP contribution is 1.71. The van der Waals surface area contributed by atoms with Crippen molar-refractivity contribution >= 4 is 23.5 Å². The minimum atomic E-state index is -0.116. The lowest BCUT2D eigenvalue weighted by molar-refractivity contribution is -0.118. The van der Waals surface area contributed by atoms with E-state index in [0.717, 1.165) is 0 Å². The SMILES string of the molecule is C=CNC(=O)CC=S. The average molecular weight is 129 g/mol. The quantitative estimate of drug-likeness (QED) is 0.566. The van der Waals surface area contributed by atoms with Crippen molar-refractivity contribution in [1.29, 1.82) is 0 Å². The van der Waals surface area contributed by atoms with Crippen LogP contribution < -0.4 is 5.32 Å². The molecule has 0 radical (unpaired) electrons. The molecular formula is C5H7NOS. The van der Waals surface area contributed by atoms with Crippen LogP contribution in [0.25, 0.3) is 0 Å². The summed E-state index contributed by atoms with van der Waals surface area (Å²) in [6.45, 7) is 3.30. The number of hydrogen-bond donors (Lipinski definition) is 1. The van der Waals surface area contributed by atoms with E-state index in [1.165, 1.54) is 11.6 Å². The van der Waals surface area contributed by atoms with Gasteiger partial charge in [-0.25, -0.2) is 0 Å². The summed E-state index contributed by atoms with van der Waals surface area (Å²) < 4.78 is 0. The Labute approximate surface area is 53.6 Å². The summed E-state index contributed by atoms with van der Waals surface area (Å²) in [5.41, 5.74) is 0. The van der Waals surface area contributed by atoms with Gasteiger partial charge in [0.25, 0.3) is 0 Å². The fraction of sp³-hybridized carbons (Fsp3) is 0.200. The van der Waals surface area contributed by atoms with Crippen LogP contribution in [0.15, 0.2) is 12.8 Å². The van der Waals surface area contributed by atoms with Crippen molar-refractivity contribution in [2.24, 2.45) is 0 Å². The van der Waals surface area contributed by atoms with Crippen molar-refractivity contribution in [2.45, 2.75) is 6.42 Å². The Morgan fingerprint density at radius 1 is 1.88 bits per heavy atom. The number of rotatable bonds is 3. The van der Waals surface area contributed by atoms with Crippen LogP contribution in [0, 0.1) is 0 Å². The third-order valence-electron chi connectivity index (χ3n) is 0.532. The largest absolute Gasteiger partial charge is 0.333 e. The van der Waals surface area contributed by atoms with E-state index >= 15 is 0 Å². The first kappa shape index (κ1) is 7.30. The Morgan fingerprint density at radius 3 is 2.88 bits per heavy atom. The normalized spacial score (nSPS) is 7.50. The molecule has 0 aliphatic heterocycles. The van der Waals surface area contributed by atoms with Gasteiger partial charge in [-0.1, -0.05) is 18.8 Å². The molecule has 0 unspecified atom stereocenters. The molecule has 3 heteroatoms. The molecule has 8 heavy (non-hydrogen) atoms. The summed E-state index contributed by atoms with van der Waals surface area (Å²) in [5.74, 6) is -0.116. The van der Waals surface area contributed by atoms with Gasteiger partial charge in [0.1, 0.15) is 0 Å². The van der Waals surface area contributed by atoms with Crippen LogP contribution in [-0.4, -0.2) is 11.3 Å². The molecule has 0 aliphatic rings. The van der Waals surface area contributed by atoms with Gasteiger partial charge >= 0.3 is 0 Å². The lowest BCUT2D eigenvalue weighted by Crippen LogP contribution is -2.15. The molecule has 1 amide bonds. The zero-order valence-electron chi connectivity index (χ0n) is 4.39. The monoisotopic (exact) mass is 129 g/mol. The number of nitrogens with one attached hydrogen (secondary N) is 1. The van der Waals surface area contributed by atoms with E-state index in [9.17, 15) is 4.79 Å². The Hall–Kier alpha value is -0.700. The molecule has 0 fully saturated rings. The first-order valence-electron chi connectivity index (χ1n) is 2.15. The molecule has 0 saturated heterocycles. The smallest absolute Gasteiger partial charge is 0.228 e. The Bertz CT molecular complexity index is 99.0. The molecule has 0 aromatic heterocycles. The first-order valence-corrected chi connectivity index (χ1v) is 2.62. The molecule has 0 spiro atoms. The summed E-state index contributed by atoms with van der Waals surface area (Å²) in [4.78, 5) is 10.4. The minimum absolute atomic E-state index is 0.116. The molecule has 0 heterocycles. The van der Waals surface area contributed by atoms with Gasteiger partial charge in [0.05, 0.1) is 6.42 Å². The third-order valence-corrected chi connectivity index (χ3v) is 0.698. The first-order chi connectivity index (χ1) is 3.81. The Kier molecular flexibility index (Phi) is 4.07. The topological polar surface area (TPSA) is 29.1 Å². The second-order valence-electron chi connectivity index (χ2n) is 1.14. The molecule has 44 valence electrons. The maximum Gasteiger partial charge on any atom is 0.228 e. The number of amides is 1. The van der Waals surface area contributed by atoms with Gasteiger partial charge in [-0.2, -0.15) is 0 Å². The lowest BCUT2D eigenvalue weighted by atomic mass is 10.5. The molecule has 0 aromatic carbocycles. The predicted octanol–water partition coefficient (Wildman–Crippen LogP) is 0.636. The fourth-order valence-electron chi connectivity index (χ4n) is 0.248. The predicted molar refractivity (Wildman–Crippen MR) is 36.6 cm³/mol. The van der Waals surface area contributed by atoms with E-state index in [4.69, 9.17) is 0 Å². The molecule has 0 aliphatic carbocycles. The highest BCUT2D eigenvalue weighted by Gasteiger charge is 1.89. The number of hydrogen-bond acceptors (Lipinski definition) is 2. The molecule has 0 atom stereocenters. The summed E-state index contributed by atoms with van der Waals surface area (Å²) in [6.07, 6.45) is 1.61. The summed E-state index contributed by atoms with van der Waals surface area (Å²) in [6, 6.07) is 0. The van der Waals surface area contributed by atoms with Crippen LogP contribution in [0.2, 0.25) is 0 Å². The summed E-state index contributed by atoms with van der Waals surface area (Å²) in [7, 11) is 0. The van der Waals surface area contributed by atoms with E-state index in [1.807, 2.05) is 0 Å². The number of thiocarbonyl (C=S) groups is 1. The molecule has 1 N–H and O–H groups in total. The second kappa shape index (κ2) is 4.46. The van der Waals surface area contributed by atoms with E-state index in [1.54, 1.807) is 0 Å². The maximum absolute atomic E-state index is 10.4. The van der Waals surface area contributed by atoms with Crippen molar-refractivity contribution in [3.63, 3.8) is 0 Å². The van der Waals surface area contributed by atoms with Crippen molar-refractivity contribution in [3.8, 4) is 0 Å². The zero-order chi connectivity index (χ0) is 6.41. The zero-order valence-corrected chi connectivity index (χ0v) is 5.20. The number of carbonyl (C=O) groups is 1. The van der Waals surface area contributed by atoms with Crippen LogP contribution in [0.4, 0.5) is 0 Å². The van der Waals surface area contributed by atoms with Crippen LogP contribution in [0.3, 0.4) is 0 Å². The van der Waals surface area contributed by atoms with Gasteiger partial charge < -0.3 is 5.32 Å². The molecule has 0 rings (SSSR count). The third kappa shape index (κ3) is 3.49. The standard InChI is InChI=1S/C5H7NOS/c1-2-6-5(7)3-4-8/h2,4H,1,3H2,(H,6,7). The van der Waals surface area contributed by atoms with E-state index < -0.39 is 0 Å². The van der Waals surface area contributed by atoms with Crippen LogP contribution in [-0.2, 0) is 4.79 Å². The van der Waals surface area contributed by atoms with E-state index in [-0.39, 0.29) is 12.3 Å². The van der Waals surface area contributed by atoms with Crippen LogP contribution in [0.1, 0.15) is 6.42 Å². The molecule has 0 saturated carbocycles. The fourth-order valence-corrected chi connectivity index (χ4v) is 0.400. The van der Waals surface area contributed by atoms with Crippen molar-refractivity contribution < 1.29 is 4.79 Å². The minimum Gasteiger partial charge on any atom is -0.333 e. The van der Waals surface area contributed by atoms with E-state index in [2.05, 4.69) is 24.1 Å². The number of carbonyl (C=O) groups excluding carboxylic acids is 1. The molecule has 0 aromatic rings. The lowest BCUT2D eigenvalue weighted by Gasteiger charge is -1.89. The van der Waals surface area contributed by atoms with Gasteiger partial charge in [0.2, 0.25) is 5.91 Å². The Morgan fingerprint density at radius 2 is 2.50 bits per heavy atom. The van der Waals surface area contributed by atoms with Crippen molar-refractivity contribution in [2.75, 3.05) is 0 Å². The highest BCUT2D eigenvalue weighted by molar-refractivity contribution is 7.79. The second-order valence-corrected chi connectivity index (χ2v) is 1.48. The van der Waals surface area contributed by atoms with Gasteiger partial charge in [-0.3, -0.25) is 4.79 Å². The highest BCUT2D eigenvalue weighted by atomic mass is 32.1.